The van der Waals surface area contributed by atoms with Crippen LogP contribution in [0.4, 0.5) is 13.2 Å². The SMILES string of the molecule is O=C(c1ccc2c(c1)CCC=C2)N1CCC(C(=O)O)(C(F)(F)F)C1. The summed E-state index contributed by atoms with van der Waals surface area (Å²) in [7, 11) is 0. The number of aryl methyl sites for hydroxylation is 1. The fourth-order valence-electron chi connectivity index (χ4n) is 3.26. The molecule has 1 atom stereocenters. The molecule has 1 aromatic rings. The van der Waals surface area contributed by atoms with Gasteiger partial charge >= 0.3 is 12.1 Å². The van der Waals surface area contributed by atoms with Crippen LogP contribution in [-0.2, 0) is 11.2 Å². The average molecular weight is 339 g/mol. The van der Waals surface area contributed by atoms with Crippen LogP contribution in [0.25, 0.3) is 6.08 Å². The number of carbonyl (C=O) groups is 2. The van der Waals surface area contributed by atoms with Gasteiger partial charge in [0.05, 0.1) is 0 Å². The van der Waals surface area contributed by atoms with Crippen LogP contribution in [0, 0.1) is 5.41 Å². The lowest BCUT2D eigenvalue weighted by Crippen LogP contribution is -2.47. The zero-order chi connectivity index (χ0) is 17.5. The molecule has 1 fully saturated rings. The van der Waals surface area contributed by atoms with Crippen molar-refractivity contribution in [1.82, 2.24) is 4.90 Å². The lowest BCUT2D eigenvalue weighted by atomic mass is 9.86. The third-order valence-corrected chi connectivity index (χ3v) is 4.78. The Balaban J connectivity index is 1.85. The molecule has 2 aliphatic rings. The summed E-state index contributed by atoms with van der Waals surface area (Å²) in [6.07, 6.45) is 0.0791. The molecule has 0 bridgehead atoms. The first-order valence-electron chi connectivity index (χ1n) is 7.63. The number of carbonyl (C=O) groups excluding carboxylic acids is 1. The van der Waals surface area contributed by atoms with Gasteiger partial charge in [-0.1, -0.05) is 18.2 Å². The summed E-state index contributed by atoms with van der Waals surface area (Å²) in [6.45, 7) is -1.07. The molecule has 1 unspecified atom stereocenters. The van der Waals surface area contributed by atoms with E-state index >= 15 is 0 Å². The fourth-order valence-corrected chi connectivity index (χ4v) is 3.26. The van der Waals surface area contributed by atoms with E-state index in [1.807, 2.05) is 12.2 Å². The summed E-state index contributed by atoms with van der Waals surface area (Å²) in [6, 6.07) is 5.03. The maximum absolute atomic E-state index is 13.2. The monoisotopic (exact) mass is 339 g/mol. The van der Waals surface area contributed by atoms with Gasteiger partial charge < -0.3 is 10.0 Å². The Hall–Kier alpha value is -2.31. The molecule has 7 heteroatoms. The Kier molecular flexibility index (Phi) is 3.89. The summed E-state index contributed by atoms with van der Waals surface area (Å²) in [5.74, 6) is -2.49. The second kappa shape index (κ2) is 5.65. The topological polar surface area (TPSA) is 57.6 Å². The van der Waals surface area contributed by atoms with Crippen molar-refractivity contribution in [2.45, 2.75) is 25.4 Å². The van der Waals surface area contributed by atoms with E-state index in [1.165, 1.54) is 0 Å². The number of amides is 1. The molecule has 4 nitrogen and oxygen atoms in total. The molecule has 1 saturated heterocycles. The van der Waals surface area contributed by atoms with E-state index in [2.05, 4.69) is 0 Å². The molecule has 128 valence electrons. The Morgan fingerprint density at radius 1 is 1.25 bits per heavy atom. The van der Waals surface area contributed by atoms with E-state index in [0.717, 1.165) is 28.9 Å². The number of fused-ring (bicyclic) bond motifs is 1. The molecule has 0 saturated carbocycles. The quantitative estimate of drug-likeness (QED) is 0.901. The lowest BCUT2D eigenvalue weighted by Gasteiger charge is -2.27. The first-order valence-corrected chi connectivity index (χ1v) is 7.63. The third kappa shape index (κ3) is 2.57. The van der Waals surface area contributed by atoms with Crippen molar-refractivity contribution in [1.29, 1.82) is 0 Å². The standard InChI is InChI=1S/C17H16F3NO3/c18-17(19,20)16(15(23)24)7-8-21(10-16)14(22)13-6-5-11-3-1-2-4-12(11)9-13/h1,3,5-6,9H,2,4,7-8,10H2,(H,23,24). The van der Waals surface area contributed by atoms with Crippen LogP contribution in [-0.4, -0.2) is 41.1 Å². The van der Waals surface area contributed by atoms with Crippen LogP contribution in [0.5, 0.6) is 0 Å². The van der Waals surface area contributed by atoms with Gasteiger partial charge in [0.25, 0.3) is 5.91 Å². The van der Waals surface area contributed by atoms with Gasteiger partial charge in [-0.15, -0.1) is 0 Å². The second-order valence-corrected chi connectivity index (χ2v) is 6.22. The van der Waals surface area contributed by atoms with Crippen LogP contribution >= 0.6 is 0 Å². The van der Waals surface area contributed by atoms with Crippen LogP contribution in [0.3, 0.4) is 0 Å². The van der Waals surface area contributed by atoms with Crippen LogP contribution in [0.15, 0.2) is 24.3 Å². The largest absolute Gasteiger partial charge is 0.481 e. The molecular formula is C17H16F3NO3. The Morgan fingerprint density at radius 2 is 2.00 bits per heavy atom. The molecule has 1 amide bonds. The predicted octanol–water partition coefficient (Wildman–Crippen LogP) is 3.13. The molecule has 1 heterocycles. The molecule has 0 radical (unpaired) electrons. The highest BCUT2D eigenvalue weighted by molar-refractivity contribution is 5.95. The van der Waals surface area contributed by atoms with Gasteiger partial charge in [-0.25, -0.2) is 0 Å². The Morgan fingerprint density at radius 3 is 2.62 bits per heavy atom. The molecule has 1 aromatic carbocycles. The summed E-state index contributed by atoms with van der Waals surface area (Å²) in [5, 5.41) is 9.06. The maximum atomic E-state index is 13.2. The molecular weight excluding hydrogens is 323 g/mol. The summed E-state index contributed by atoms with van der Waals surface area (Å²) in [4.78, 5) is 24.7. The number of likely N-dealkylation sites (tertiary alicyclic amines) is 1. The first kappa shape index (κ1) is 16.5. The molecule has 0 spiro atoms. The second-order valence-electron chi connectivity index (χ2n) is 6.22. The number of aliphatic carboxylic acids is 1. The summed E-state index contributed by atoms with van der Waals surface area (Å²) < 4.78 is 39.6. The number of hydrogen-bond acceptors (Lipinski definition) is 2. The highest BCUT2D eigenvalue weighted by Crippen LogP contribution is 2.46. The zero-order valence-corrected chi connectivity index (χ0v) is 12.8. The minimum atomic E-state index is -4.89. The van der Waals surface area contributed by atoms with E-state index in [9.17, 15) is 22.8 Å². The van der Waals surface area contributed by atoms with E-state index in [1.54, 1.807) is 18.2 Å². The smallest absolute Gasteiger partial charge is 0.406 e. The van der Waals surface area contributed by atoms with Crippen molar-refractivity contribution in [3.63, 3.8) is 0 Å². The van der Waals surface area contributed by atoms with Crippen molar-refractivity contribution < 1.29 is 27.9 Å². The number of rotatable bonds is 2. The van der Waals surface area contributed by atoms with E-state index in [4.69, 9.17) is 5.11 Å². The van der Waals surface area contributed by atoms with Crippen molar-refractivity contribution >= 4 is 18.0 Å². The zero-order valence-electron chi connectivity index (χ0n) is 12.8. The van der Waals surface area contributed by atoms with Crippen molar-refractivity contribution in [3.05, 3.63) is 41.0 Å². The minimum absolute atomic E-state index is 0.221. The summed E-state index contributed by atoms with van der Waals surface area (Å²) >= 11 is 0. The number of halogens is 3. The van der Waals surface area contributed by atoms with Gasteiger partial charge in [0.2, 0.25) is 0 Å². The van der Waals surface area contributed by atoms with Gasteiger partial charge in [-0.3, -0.25) is 9.59 Å². The van der Waals surface area contributed by atoms with Gasteiger partial charge in [0.1, 0.15) is 0 Å². The molecule has 24 heavy (non-hydrogen) atoms. The molecule has 1 aliphatic heterocycles. The first-order chi connectivity index (χ1) is 11.2. The van der Waals surface area contributed by atoms with E-state index in [0.29, 0.717) is 5.56 Å². The Labute approximate surface area is 136 Å². The van der Waals surface area contributed by atoms with E-state index in [-0.39, 0.29) is 6.54 Å². The summed E-state index contributed by atoms with van der Waals surface area (Å²) in [5.41, 5.74) is -0.607. The number of carboxylic acid groups (broad SMARTS) is 1. The van der Waals surface area contributed by atoms with Crippen molar-refractivity contribution in [2.24, 2.45) is 5.41 Å². The van der Waals surface area contributed by atoms with Gasteiger partial charge in [-0.2, -0.15) is 13.2 Å². The van der Waals surface area contributed by atoms with Gasteiger partial charge in [-0.05, 0) is 42.5 Å². The molecule has 1 N–H and O–H groups in total. The average Bonchev–Trinajstić information content (AvgIpc) is 3.00. The highest BCUT2D eigenvalue weighted by Gasteiger charge is 2.64. The van der Waals surface area contributed by atoms with E-state index < -0.39 is 36.4 Å². The number of hydrogen-bond donors (Lipinski definition) is 1. The number of benzene rings is 1. The molecule has 3 rings (SSSR count). The normalized spacial score (nSPS) is 23.2. The van der Waals surface area contributed by atoms with Crippen molar-refractivity contribution in [3.8, 4) is 0 Å². The number of nitrogens with zero attached hydrogens (tertiary/aromatic N) is 1. The molecule has 0 aromatic heterocycles. The van der Waals surface area contributed by atoms with Crippen LogP contribution in [0.2, 0.25) is 0 Å². The maximum Gasteiger partial charge on any atom is 0.406 e. The van der Waals surface area contributed by atoms with Gasteiger partial charge in [0, 0.05) is 18.7 Å². The van der Waals surface area contributed by atoms with Crippen LogP contribution in [0.1, 0.15) is 34.3 Å². The number of alkyl halides is 3. The van der Waals surface area contributed by atoms with Gasteiger partial charge in [0.15, 0.2) is 5.41 Å². The number of allylic oxidation sites excluding steroid dienone is 1. The van der Waals surface area contributed by atoms with Crippen molar-refractivity contribution in [2.75, 3.05) is 13.1 Å². The highest BCUT2D eigenvalue weighted by atomic mass is 19.4. The molecule has 1 aliphatic carbocycles. The Bertz CT molecular complexity index is 726. The number of carboxylic acids is 1. The third-order valence-electron chi connectivity index (χ3n) is 4.78. The lowest BCUT2D eigenvalue weighted by molar-refractivity contribution is -0.227. The minimum Gasteiger partial charge on any atom is -0.481 e. The fraction of sp³-hybridized carbons (Fsp3) is 0.412. The van der Waals surface area contributed by atoms with Crippen LogP contribution < -0.4 is 0 Å². The predicted molar refractivity (Wildman–Crippen MR) is 80.4 cm³/mol.